The van der Waals surface area contributed by atoms with Crippen molar-refractivity contribution in [3.8, 4) is 0 Å². The lowest BCUT2D eigenvalue weighted by molar-refractivity contribution is 0.238. The summed E-state index contributed by atoms with van der Waals surface area (Å²) in [5.74, 6) is -0.00746. The van der Waals surface area contributed by atoms with Crippen LogP contribution in [0, 0.1) is 11.7 Å². The standard InChI is InChI=1S/C11H15FN2O/c12-9-3-10(13)5-11(4-9)14-2-1-8(6-14)7-15/h3-5,8,15H,1-2,6-7,13H2. The number of aliphatic hydroxyl groups is 1. The molecule has 15 heavy (non-hydrogen) atoms. The molecule has 2 rings (SSSR count). The lowest BCUT2D eigenvalue weighted by Crippen LogP contribution is -2.20. The highest BCUT2D eigenvalue weighted by molar-refractivity contribution is 5.56. The zero-order valence-corrected chi connectivity index (χ0v) is 8.49. The lowest BCUT2D eigenvalue weighted by Gasteiger charge is -2.18. The summed E-state index contributed by atoms with van der Waals surface area (Å²) in [7, 11) is 0. The Kier molecular flexibility index (Phi) is 2.77. The second-order valence-corrected chi connectivity index (χ2v) is 4.03. The van der Waals surface area contributed by atoms with Crippen LogP contribution in [0.3, 0.4) is 0 Å². The molecule has 3 nitrogen and oxygen atoms in total. The van der Waals surface area contributed by atoms with Crippen molar-refractivity contribution in [3.05, 3.63) is 24.0 Å². The quantitative estimate of drug-likeness (QED) is 0.722. The molecule has 1 heterocycles. The van der Waals surface area contributed by atoms with Gasteiger partial charge in [-0.3, -0.25) is 0 Å². The highest BCUT2D eigenvalue weighted by Crippen LogP contribution is 2.26. The molecule has 0 radical (unpaired) electrons. The second-order valence-electron chi connectivity index (χ2n) is 4.03. The number of aliphatic hydroxyl groups excluding tert-OH is 1. The van der Waals surface area contributed by atoms with Gasteiger partial charge in [0.15, 0.2) is 0 Å². The molecule has 1 atom stereocenters. The van der Waals surface area contributed by atoms with Gasteiger partial charge in [-0.1, -0.05) is 0 Å². The minimum absolute atomic E-state index is 0.196. The molecule has 0 aromatic heterocycles. The average molecular weight is 210 g/mol. The monoisotopic (exact) mass is 210 g/mol. The predicted octanol–water partition coefficient (Wildman–Crippen LogP) is 1.23. The number of benzene rings is 1. The Morgan fingerprint density at radius 2 is 2.27 bits per heavy atom. The largest absolute Gasteiger partial charge is 0.399 e. The minimum Gasteiger partial charge on any atom is -0.399 e. The van der Waals surface area contributed by atoms with Crippen molar-refractivity contribution < 1.29 is 9.50 Å². The van der Waals surface area contributed by atoms with Crippen molar-refractivity contribution in [1.82, 2.24) is 0 Å². The van der Waals surface area contributed by atoms with Gasteiger partial charge >= 0.3 is 0 Å². The fourth-order valence-corrected chi connectivity index (χ4v) is 2.00. The van der Waals surface area contributed by atoms with Crippen LogP contribution in [-0.2, 0) is 0 Å². The summed E-state index contributed by atoms with van der Waals surface area (Å²) in [6.07, 6.45) is 0.951. The Balaban J connectivity index is 2.16. The molecule has 4 heteroatoms. The summed E-state index contributed by atoms with van der Waals surface area (Å²) >= 11 is 0. The summed E-state index contributed by atoms with van der Waals surface area (Å²) in [4.78, 5) is 2.06. The van der Waals surface area contributed by atoms with E-state index in [9.17, 15) is 4.39 Å². The molecule has 1 saturated heterocycles. The molecule has 1 unspecified atom stereocenters. The third-order valence-electron chi connectivity index (χ3n) is 2.81. The fourth-order valence-electron chi connectivity index (χ4n) is 2.00. The maximum atomic E-state index is 13.1. The Morgan fingerprint density at radius 1 is 1.47 bits per heavy atom. The number of rotatable bonds is 2. The Morgan fingerprint density at radius 3 is 2.87 bits per heavy atom. The Hall–Kier alpha value is -1.29. The molecule has 0 bridgehead atoms. The van der Waals surface area contributed by atoms with Crippen LogP contribution in [-0.4, -0.2) is 24.8 Å². The third-order valence-corrected chi connectivity index (χ3v) is 2.81. The van der Waals surface area contributed by atoms with E-state index in [0.717, 1.165) is 25.2 Å². The highest BCUT2D eigenvalue weighted by atomic mass is 19.1. The second kappa shape index (κ2) is 4.06. The molecule has 1 aliphatic heterocycles. The molecule has 82 valence electrons. The zero-order chi connectivity index (χ0) is 10.8. The van der Waals surface area contributed by atoms with E-state index in [-0.39, 0.29) is 12.4 Å². The van der Waals surface area contributed by atoms with Crippen molar-refractivity contribution in [1.29, 1.82) is 0 Å². The van der Waals surface area contributed by atoms with Crippen LogP contribution >= 0.6 is 0 Å². The first kappa shape index (κ1) is 10.2. The number of hydrogen-bond acceptors (Lipinski definition) is 3. The van der Waals surface area contributed by atoms with Crippen LogP contribution in [0.15, 0.2) is 18.2 Å². The van der Waals surface area contributed by atoms with E-state index in [1.165, 1.54) is 12.1 Å². The number of hydrogen-bond donors (Lipinski definition) is 2. The van der Waals surface area contributed by atoms with E-state index < -0.39 is 0 Å². The van der Waals surface area contributed by atoms with Crippen LogP contribution < -0.4 is 10.6 Å². The molecule has 1 aromatic carbocycles. The topological polar surface area (TPSA) is 49.5 Å². The summed E-state index contributed by atoms with van der Waals surface area (Å²) < 4.78 is 13.1. The number of nitrogens with two attached hydrogens (primary N) is 1. The summed E-state index contributed by atoms with van der Waals surface area (Å²) in [6, 6.07) is 4.56. The van der Waals surface area contributed by atoms with Gasteiger partial charge in [0.25, 0.3) is 0 Å². The maximum Gasteiger partial charge on any atom is 0.127 e. The molecule has 0 saturated carbocycles. The van der Waals surface area contributed by atoms with Gasteiger partial charge in [0.05, 0.1) is 0 Å². The molecule has 0 spiro atoms. The van der Waals surface area contributed by atoms with Crippen LogP contribution in [0.1, 0.15) is 6.42 Å². The van der Waals surface area contributed by atoms with Crippen LogP contribution in [0.4, 0.5) is 15.8 Å². The van der Waals surface area contributed by atoms with E-state index in [1.807, 2.05) is 0 Å². The van der Waals surface area contributed by atoms with E-state index in [1.54, 1.807) is 6.07 Å². The average Bonchev–Trinajstić information content (AvgIpc) is 2.64. The maximum absolute atomic E-state index is 13.1. The third kappa shape index (κ3) is 2.21. The van der Waals surface area contributed by atoms with Gasteiger partial charge in [0, 0.05) is 37.0 Å². The smallest absolute Gasteiger partial charge is 0.127 e. The molecule has 1 aromatic rings. The first-order valence-corrected chi connectivity index (χ1v) is 5.11. The van der Waals surface area contributed by atoms with Gasteiger partial charge in [0.1, 0.15) is 5.82 Å². The van der Waals surface area contributed by atoms with E-state index in [0.29, 0.717) is 11.6 Å². The zero-order valence-electron chi connectivity index (χ0n) is 8.49. The summed E-state index contributed by atoms with van der Waals surface area (Å²) in [5.41, 5.74) is 6.83. The predicted molar refractivity (Wildman–Crippen MR) is 58.2 cm³/mol. The molecule has 1 fully saturated rings. The molecular formula is C11H15FN2O. The first-order chi connectivity index (χ1) is 7.19. The van der Waals surface area contributed by atoms with Crippen molar-refractivity contribution in [2.75, 3.05) is 30.3 Å². The number of nitrogen functional groups attached to an aromatic ring is 1. The SMILES string of the molecule is Nc1cc(F)cc(N2CCC(CO)C2)c1. The number of halogens is 1. The first-order valence-electron chi connectivity index (χ1n) is 5.11. The molecule has 3 N–H and O–H groups in total. The minimum atomic E-state index is -0.308. The van der Waals surface area contributed by atoms with Crippen molar-refractivity contribution in [2.45, 2.75) is 6.42 Å². The van der Waals surface area contributed by atoms with E-state index >= 15 is 0 Å². The van der Waals surface area contributed by atoms with Crippen molar-refractivity contribution in [3.63, 3.8) is 0 Å². The molecule has 0 aliphatic carbocycles. The molecule has 1 aliphatic rings. The van der Waals surface area contributed by atoms with Crippen molar-refractivity contribution in [2.24, 2.45) is 5.92 Å². The molecule has 0 amide bonds. The van der Waals surface area contributed by atoms with Gasteiger partial charge in [-0.05, 0) is 24.6 Å². The lowest BCUT2D eigenvalue weighted by atomic mass is 10.1. The van der Waals surface area contributed by atoms with Gasteiger partial charge in [0.2, 0.25) is 0 Å². The van der Waals surface area contributed by atoms with Crippen LogP contribution in [0.2, 0.25) is 0 Å². The van der Waals surface area contributed by atoms with E-state index in [4.69, 9.17) is 10.8 Å². The van der Waals surface area contributed by atoms with Gasteiger partial charge < -0.3 is 15.7 Å². The highest BCUT2D eigenvalue weighted by Gasteiger charge is 2.22. The van der Waals surface area contributed by atoms with Gasteiger partial charge in [-0.25, -0.2) is 4.39 Å². The fraction of sp³-hybridized carbons (Fsp3) is 0.455. The normalized spacial score (nSPS) is 20.9. The van der Waals surface area contributed by atoms with Crippen LogP contribution in [0.25, 0.3) is 0 Å². The Labute approximate surface area is 88.3 Å². The van der Waals surface area contributed by atoms with Gasteiger partial charge in [-0.15, -0.1) is 0 Å². The molecular weight excluding hydrogens is 195 g/mol. The van der Waals surface area contributed by atoms with E-state index in [2.05, 4.69) is 4.90 Å². The number of nitrogens with zero attached hydrogens (tertiary/aromatic N) is 1. The number of anilines is 2. The van der Waals surface area contributed by atoms with Crippen LogP contribution in [0.5, 0.6) is 0 Å². The Bertz CT molecular complexity index is 336. The summed E-state index contributed by atoms with van der Waals surface area (Å²) in [5, 5.41) is 9.01. The van der Waals surface area contributed by atoms with Crippen molar-refractivity contribution >= 4 is 11.4 Å². The van der Waals surface area contributed by atoms with Gasteiger partial charge in [-0.2, -0.15) is 0 Å². The summed E-state index contributed by atoms with van der Waals surface area (Å²) in [6.45, 7) is 1.83.